The molecule has 0 bridgehead atoms. The molecule has 0 N–H and O–H groups in total. The molecule has 0 fully saturated rings. The number of hydrogen-bond donors (Lipinski definition) is 0. The van der Waals surface area contributed by atoms with Gasteiger partial charge >= 0.3 is 0 Å². The molecule has 0 amide bonds. The second-order valence-electron chi connectivity index (χ2n) is 13.2. The Morgan fingerprint density at radius 3 is 1.36 bits per heavy atom. The van der Waals surface area contributed by atoms with Crippen LogP contribution < -0.4 is 19.3 Å². The monoisotopic (exact) mass is 683 g/mol. The van der Waals surface area contributed by atoms with Gasteiger partial charge < -0.3 is 23.7 Å². The van der Waals surface area contributed by atoms with Crippen LogP contribution in [0, 0.1) is 0 Å². The van der Waals surface area contributed by atoms with Crippen LogP contribution in [-0.4, -0.2) is 4.98 Å². The minimum absolute atomic E-state index is 0.614. The Morgan fingerprint density at radius 2 is 0.830 bits per heavy atom. The lowest BCUT2D eigenvalue weighted by Gasteiger charge is -2.33. The lowest BCUT2D eigenvalue weighted by molar-refractivity contribution is 0.477. The summed E-state index contributed by atoms with van der Waals surface area (Å²) in [5.41, 5.74) is 11.8. The summed E-state index contributed by atoms with van der Waals surface area (Å²) in [6.07, 6.45) is 1.90. The van der Waals surface area contributed by atoms with Gasteiger partial charge in [-0.2, -0.15) is 0 Å². The summed E-state index contributed by atoms with van der Waals surface area (Å²) in [6.45, 7) is 0. The smallest absolute Gasteiger partial charge is 0.227 e. The van der Waals surface area contributed by atoms with Crippen molar-refractivity contribution in [2.75, 3.05) is 9.80 Å². The van der Waals surface area contributed by atoms with Gasteiger partial charge in [-0.25, -0.2) is 4.98 Å². The minimum atomic E-state index is 0.614. The second-order valence-corrected chi connectivity index (χ2v) is 13.2. The van der Waals surface area contributed by atoms with Crippen LogP contribution in [0.4, 0.5) is 34.1 Å². The third kappa shape index (κ3) is 4.77. The number of anilines is 6. The summed E-state index contributed by atoms with van der Waals surface area (Å²) < 4.78 is 18.8. The summed E-state index contributed by atoms with van der Waals surface area (Å²) >= 11 is 0. The molecule has 0 saturated heterocycles. The molecule has 7 aromatic carbocycles. The summed E-state index contributed by atoms with van der Waals surface area (Å²) in [5.74, 6) is 3.31. The first-order valence-corrected chi connectivity index (χ1v) is 17.6. The fraction of sp³-hybridized carbons (Fsp3) is 0. The predicted molar refractivity (Wildman–Crippen MR) is 212 cm³/mol. The molecule has 0 saturated carbocycles. The topological polar surface area (TPSA) is 51.0 Å². The van der Waals surface area contributed by atoms with Crippen LogP contribution in [0.15, 0.2) is 180 Å². The van der Waals surface area contributed by atoms with Gasteiger partial charge in [0.05, 0.1) is 22.7 Å². The van der Waals surface area contributed by atoms with E-state index in [-0.39, 0.29) is 0 Å². The highest BCUT2D eigenvalue weighted by Gasteiger charge is 2.27. The highest BCUT2D eigenvalue weighted by atomic mass is 16.5. The zero-order chi connectivity index (χ0) is 34.9. The lowest BCUT2D eigenvalue weighted by atomic mass is 10.0. The van der Waals surface area contributed by atoms with E-state index in [1.54, 1.807) is 0 Å². The van der Waals surface area contributed by atoms with Crippen LogP contribution in [0.1, 0.15) is 0 Å². The number of benzene rings is 7. The molecule has 0 aliphatic carbocycles. The van der Waals surface area contributed by atoms with Crippen molar-refractivity contribution in [2.24, 2.45) is 0 Å². The van der Waals surface area contributed by atoms with Gasteiger partial charge in [-0.15, -0.1) is 0 Å². The predicted octanol–water partition coefficient (Wildman–Crippen LogP) is 13.5. The Kier molecular flexibility index (Phi) is 6.45. The fourth-order valence-electron chi connectivity index (χ4n) is 7.61. The van der Waals surface area contributed by atoms with Crippen molar-refractivity contribution in [3.63, 3.8) is 0 Å². The molecular weight excluding hydrogens is 655 g/mol. The number of aromatic nitrogens is 1. The number of rotatable bonds is 4. The summed E-state index contributed by atoms with van der Waals surface area (Å²) in [4.78, 5) is 9.33. The number of ether oxygens (including phenoxy) is 2. The van der Waals surface area contributed by atoms with E-state index in [0.29, 0.717) is 5.71 Å². The molecule has 11 rings (SSSR count). The molecule has 250 valence electrons. The zero-order valence-electron chi connectivity index (χ0n) is 28.3. The Bertz CT molecular complexity index is 2610. The first-order chi connectivity index (χ1) is 26.2. The van der Waals surface area contributed by atoms with Crippen LogP contribution in [0.25, 0.3) is 44.3 Å². The van der Waals surface area contributed by atoms with Crippen molar-refractivity contribution in [1.82, 2.24) is 4.98 Å². The van der Waals surface area contributed by atoms with Crippen molar-refractivity contribution >= 4 is 56.2 Å². The Hall–Kier alpha value is -7.31. The highest BCUT2D eigenvalue weighted by molar-refractivity contribution is 6.06. The maximum Gasteiger partial charge on any atom is 0.227 e. The molecule has 4 heterocycles. The molecule has 0 radical (unpaired) electrons. The van der Waals surface area contributed by atoms with Crippen molar-refractivity contribution in [2.45, 2.75) is 0 Å². The first-order valence-electron chi connectivity index (χ1n) is 17.6. The van der Waals surface area contributed by atoms with Crippen molar-refractivity contribution < 1.29 is 13.9 Å². The molecule has 53 heavy (non-hydrogen) atoms. The summed E-state index contributed by atoms with van der Waals surface area (Å²) in [7, 11) is 0. The number of pyridine rings is 1. The van der Waals surface area contributed by atoms with Gasteiger partial charge in [-0.3, -0.25) is 0 Å². The third-order valence-electron chi connectivity index (χ3n) is 10.1. The normalized spacial score (nSPS) is 12.8. The maximum absolute atomic E-state index is 6.27. The maximum atomic E-state index is 6.27. The SMILES string of the molecule is c1cc(-c2ccc3oc4ncc(-c5cccc(N6c7ccccc7Oc7ccccc76)c5)cc4c3c2)cc(N2c3ccccc3Oc3ccccc32)c1. The van der Waals surface area contributed by atoms with E-state index >= 15 is 0 Å². The van der Waals surface area contributed by atoms with Gasteiger partial charge in [0.2, 0.25) is 5.71 Å². The molecular formula is C47H29N3O3. The second kappa shape index (κ2) is 11.6. The van der Waals surface area contributed by atoms with Crippen LogP contribution in [0.5, 0.6) is 23.0 Å². The van der Waals surface area contributed by atoms with Crippen LogP contribution in [0.2, 0.25) is 0 Å². The van der Waals surface area contributed by atoms with E-state index in [1.165, 1.54) is 0 Å². The van der Waals surface area contributed by atoms with E-state index in [0.717, 1.165) is 95.7 Å². The standard InChI is InChI=1S/C47H29N3O3/c1-5-19-43-38(15-1)49(39-16-2-6-20-44(39)51-43)34-13-9-11-30(25-34)32-23-24-42-36(27-32)37-28-33(29-48-47(37)53-42)31-12-10-14-35(26-31)50-40-17-3-7-21-45(40)52-46-22-8-4-18-41(46)50/h1-29H. The Morgan fingerprint density at radius 1 is 0.377 bits per heavy atom. The molecule has 2 aliphatic rings. The number of nitrogens with zero attached hydrogens (tertiary/aromatic N) is 3. The Labute approximate surface area is 305 Å². The Balaban J connectivity index is 0.987. The quantitative estimate of drug-likeness (QED) is 0.184. The zero-order valence-corrected chi connectivity index (χ0v) is 28.3. The van der Waals surface area contributed by atoms with Gasteiger partial charge in [-0.05, 0) is 108 Å². The van der Waals surface area contributed by atoms with E-state index < -0.39 is 0 Å². The molecule has 9 aromatic rings. The van der Waals surface area contributed by atoms with Crippen LogP contribution in [0.3, 0.4) is 0 Å². The van der Waals surface area contributed by atoms with Crippen molar-refractivity contribution in [3.05, 3.63) is 176 Å². The third-order valence-corrected chi connectivity index (χ3v) is 10.1. The van der Waals surface area contributed by atoms with Crippen molar-refractivity contribution in [3.8, 4) is 45.3 Å². The molecule has 0 spiro atoms. The number of hydrogen-bond acceptors (Lipinski definition) is 6. The molecule has 6 nitrogen and oxygen atoms in total. The number of para-hydroxylation sites is 8. The summed E-state index contributed by atoms with van der Waals surface area (Å²) in [6, 6.07) is 58.4. The number of fused-ring (bicyclic) bond motifs is 7. The van der Waals surface area contributed by atoms with Crippen molar-refractivity contribution in [1.29, 1.82) is 0 Å². The van der Waals surface area contributed by atoms with Gasteiger partial charge in [0.15, 0.2) is 23.0 Å². The average Bonchev–Trinajstić information content (AvgIpc) is 3.59. The molecule has 2 aromatic heterocycles. The van der Waals surface area contributed by atoms with E-state index in [4.69, 9.17) is 18.9 Å². The largest absolute Gasteiger partial charge is 0.453 e. The summed E-state index contributed by atoms with van der Waals surface area (Å²) in [5, 5.41) is 1.99. The fourth-order valence-corrected chi connectivity index (χ4v) is 7.61. The van der Waals surface area contributed by atoms with Gasteiger partial charge in [-0.1, -0.05) is 78.9 Å². The molecule has 0 unspecified atom stereocenters. The van der Waals surface area contributed by atoms with Crippen LogP contribution >= 0.6 is 0 Å². The average molecular weight is 684 g/mol. The molecule has 2 aliphatic heterocycles. The highest BCUT2D eigenvalue weighted by Crippen LogP contribution is 2.52. The van der Waals surface area contributed by atoms with Gasteiger partial charge in [0.25, 0.3) is 0 Å². The van der Waals surface area contributed by atoms with E-state index in [1.807, 2.05) is 85.1 Å². The van der Waals surface area contributed by atoms with E-state index in [2.05, 4.69) is 101 Å². The van der Waals surface area contributed by atoms with E-state index in [9.17, 15) is 0 Å². The van der Waals surface area contributed by atoms with Crippen LogP contribution in [-0.2, 0) is 0 Å². The first kappa shape index (κ1) is 29.4. The molecule has 0 atom stereocenters. The lowest BCUT2D eigenvalue weighted by Crippen LogP contribution is -2.15. The van der Waals surface area contributed by atoms with Gasteiger partial charge in [0.1, 0.15) is 5.58 Å². The minimum Gasteiger partial charge on any atom is -0.453 e. The number of furan rings is 1. The molecule has 6 heteroatoms. The van der Waals surface area contributed by atoms with Gasteiger partial charge in [0, 0.05) is 33.9 Å².